The van der Waals surface area contributed by atoms with E-state index in [0.29, 0.717) is 5.92 Å². The second-order valence-electron chi connectivity index (χ2n) is 5.70. The van der Waals surface area contributed by atoms with Gasteiger partial charge in [0.2, 0.25) is 0 Å². The van der Waals surface area contributed by atoms with Crippen molar-refractivity contribution in [3.8, 4) is 0 Å². The van der Waals surface area contributed by atoms with E-state index in [-0.39, 0.29) is 20.3 Å². The van der Waals surface area contributed by atoms with Crippen LogP contribution in [0.2, 0.25) is 0 Å². The maximum absolute atomic E-state index is 2.49. The Morgan fingerprint density at radius 1 is 1.24 bits per heavy atom. The second-order valence-corrected chi connectivity index (χ2v) is 5.70. The molecule has 2 aliphatic rings. The first-order valence-corrected chi connectivity index (χ1v) is 6.58. The molecule has 0 saturated carbocycles. The second kappa shape index (κ2) is 5.05. The minimum absolute atomic E-state index is 0. The number of hydrogen-bond donors (Lipinski definition) is 0. The molecule has 0 aromatic heterocycles. The van der Waals surface area contributed by atoms with Crippen molar-refractivity contribution in [2.24, 2.45) is 5.92 Å². The Labute approximate surface area is 118 Å². The first kappa shape index (κ1) is 13.0. The van der Waals surface area contributed by atoms with Crippen LogP contribution in [0.4, 0.5) is 0 Å². The van der Waals surface area contributed by atoms with Gasteiger partial charge >= 0.3 is 18.9 Å². The van der Waals surface area contributed by atoms with Crippen molar-refractivity contribution in [1.82, 2.24) is 0 Å². The van der Waals surface area contributed by atoms with Crippen LogP contribution in [-0.4, -0.2) is 0 Å². The van der Waals surface area contributed by atoms with E-state index >= 15 is 0 Å². The molecule has 0 amide bonds. The average Bonchev–Trinajstić information content (AvgIpc) is 2.81. The molecule has 0 radical (unpaired) electrons. The Hall–Kier alpha value is -0.443. The topological polar surface area (TPSA) is 0 Å². The third kappa shape index (κ3) is 2.39. The number of aryl methyl sites for hydroxylation is 2. The van der Waals surface area contributed by atoms with E-state index in [2.05, 4.69) is 38.1 Å². The SMILES string of the molecule is CC(C)CC1C=Cc2cc3c(cc21)CCC3.[H-].[Li+]. The first-order valence-electron chi connectivity index (χ1n) is 6.58. The van der Waals surface area contributed by atoms with Crippen LogP contribution in [0.5, 0.6) is 0 Å². The molecular weight excluding hydrogens is 199 g/mol. The summed E-state index contributed by atoms with van der Waals surface area (Å²) in [7, 11) is 0. The summed E-state index contributed by atoms with van der Waals surface area (Å²) in [6.45, 7) is 4.64. The van der Waals surface area contributed by atoms with Crippen molar-refractivity contribution in [1.29, 1.82) is 0 Å². The summed E-state index contributed by atoms with van der Waals surface area (Å²) in [6.07, 6.45) is 9.99. The van der Waals surface area contributed by atoms with Crippen molar-refractivity contribution in [3.63, 3.8) is 0 Å². The molecule has 0 N–H and O–H groups in total. The van der Waals surface area contributed by atoms with Gasteiger partial charge in [0.25, 0.3) is 0 Å². The smallest absolute Gasteiger partial charge is 1.00 e. The summed E-state index contributed by atoms with van der Waals surface area (Å²) in [6, 6.07) is 4.93. The Morgan fingerprint density at radius 2 is 1.94 bits per heavy atom. The van der Waals surface area contributed by atoms with E-state index in [1.807, 2.05) is 0 Å². The zero-order valence-electron chi connectivity index (χ0n) is 12.3. The zero-order valence-corrected chi connectivity index (χ0v) is 11.3. The van der Waals surface area contributed by atoms with Gasteiger partial charge in [0, 0.05) is 5.92 Å². The Kier molecular flexibility index (Phi) is 3.86. The van der Waals surface area contributed by atoms with E-state index in [0.717, 1.165) is 5.92 Å². The van der Waals surface area contributed by atoms with E-state index in [1.165, 1.54) is 31.2 Å². The molecular formula is C16H21Li. The first-order chi connectivity index (χ1) is 7.74. The Balaban J connectivity index is 0.000000810. The van der Waals surface area contributed by atoms with Gasteiger partial charge in [-0.2, -0.15) is 0 Å². The van der Waals surface area contributed by atoms with Crippen LogP contribution >= 0.6 is 0 Å². The molecule has 0 saturated heterocycles. The van der Waals surface area contributed by atoms with Gasteiger partial charge in [0.1, 0.15) is 0 Å². The molecule has 1 unspecified atom stereocenters. The van der Waals surface area contributed by atoms with Gasteiger partial charge in [-0.1, -0.05) is 38.1 Å². The van der Waals surface area contributed by atoms with Gasteiger partial charge in [0.15, 0.2) is 0 Å². The van der Waals surface area contributed by atoms with Crippen LogP contribution in [0, 0.1) is 5.92 Å². The molecule has 2 aliphatic carbocycles. The van der Waals surface area contributed by atoms with Gasteiger partial charge in [0.05, 0.1) is 0 Å². The maximum atomic E-state index is 2.49. The molecule has 3 rings (SSSR count). The standard InChI is InChI=1S/C16H20.Li.H/c1-11(2)8-14-6-7-15-9-12-4-3-5-13(12)10-16(14)15;;/h6-7,9-11,14H,3-5,8H2,1-2H3;;/q;+1;-1. The summed E-state index contributed by atoms with van der Waals surface area (Å²) in [5, 5.41) is 0. The van der Waals surface area contributed by atoms with Crippen LogP contribution in [0.15, 0.2) is 18.2 Å². The Bertz CT molecular complexity index is 449. The average molecular weight is 220 g/mol. The molecule has 1 atom stereocenters. The zero-order chi connectivity index (χ0) is 11.1. The predicted octanol–water partition coefficient (Wildman–Crippen LogP) is 1.45. The van der Waals surface area contributed by atoms with Crippen molar-refractivity contribution in [3.05, 3.63) is 40.5 Å². The normalized spacial score (nSPS) is 20.3. The molecule has 0 spiro atoms. The van der Waals surface area contributed by atoms with Gasteiger partial charge < -0.3 is 1.43 Å². The van der Waals surface area contributed by atoms with Crippen molar-refractivity contribution < 1.29 is 20.3 Å². The fourth-order valence-corrected chi connectivity index (χ4v) is 3.16. The minimum atomic E-state index is 0. The molecule has 1 aromatic carbocycles. The number of rotatable bonds is 2. The maximum Gasteiger partial charge on any atom is 1.00 e. The molecule has 1 heteroatoms. The molecule has 0 aliphatic heterocycles. The fraction of sp³-hybridized carbons (Fsp3) is 0.500. The van der Waals surface area contributed by atoms with E-state index < -0.39 is 0 Å². The quantitative estimate of drug-likeness (QED) is 0.662. The number of fused-ring (bicyclic) bond motifs is 2. The van der Waals surface area contributed by atoms with Gasteiger partial charge in [-0.25, -0.2) is 0 Å². The third-order valence-electron chi connectivity index (χ3n) is 3.93. The summed E-state index contributed by atoms with van der Waals surface area (Å²) in [5.74, 6) is 1.47. The Morgan fingerprint density at radius 3 is 2.65 bits per heavy atom. The number of benzene rings is 1. The van der Waals surface area contributed by atoms with Crippen LogP contribution < -0.4 is 18.9 Å². The predicted molar refractivity (Wildman–Crippen MR) is 70.8 cm³/mol. The molecule has 1 aromatic rings. The monoisotopic (exact) mass is 220 g/mol. The summed E-state index contributed by atoms with van der Waals surface area (Å²) in [4.78, 5) is 0. The van der Waals surface area contributed by atoms with Crippen molar-refractivity contribution in [2.45, 2.75) is 45.4 Å². The van der Waals surface area contributed by atoms with Crippen molar-refractivity contribution in [2.75, 3.05) is 0 Å². The molecule has 0 nitrogen and oxygen atoms in total. The molecule has 86 valence electrons. The fourth-order valence-electron chi connectivity index (χ4n) is 3.16. The van der Waals surface area contributed by atoms with Crippen LogP contribution in [0.3, 0.4) is 0 Å². The molecule has 17 heavy (non-hydrogen) atoms. The van der Waals surface area contributed by atoms with Crippen LogP contribution in [-0.2, 0) is 12.8 Å². The van der Waals surface area contributed by atoms with Crippen molar-refractivity contribution >= 4 is 6.08 Å². The van der Waals surface area contributed by atoms with E-state index in [9.17, 15) is 0 Å². The van der Waals surface area contributed by atoms with Crippen LogP contribution in [0.1, 0.15) is 56.3 Å². The number of allylic oxidation sites excluding steroid dienone is 1. The summed E-state index contributed by atoms with van der Waals surface area (Å²) in [5.41, 5.74) is 6.31. The number of hydrogen-bond acceptors (Lipinski definition) is 0. The molecule has 0 bridgehead atoms. The molecule has 0 fully saturated rings. The van der Waals surface area contributed by atoms with Gasteiger partial charge in [-0.05, 0) is 53.9 Å². The summed E-state index contributed by atoms with van der Waals surface area (Å²) < 4.78 is 0. The summed E-state index contributed by atoms with van der Waals surface area (Å²) >= 11 is 0. The van der Waals surface area contributed by atoms with E-state index in [1.54, 1.807) is 16.7 Å². The van der Waals surface area contributed by atoms with E-state index in [4.69, 9.17) is 0 Å². The van der Waals surface area contributed by atoms with Gasteiger partial charge in [-0.3, -0.25) is 0 Å². The largest absolute Gasteiger partial charge is 1.00 e. The minimum Gasteiger partial charge on any atom is -1.00 e. The van der Waals surface area contributed by atoms with Crippen LogP contribution in [0.25, 0.3) is 6.08 Å². The van der Waals surface area contributed by atoms with Gasteiger partial charge in [-0.15, -0.1) is 0 Å². The third-order valence-corrected chi connectivity index (χ3v) is 3.93. The molecule has 0 heterocycles.